The van der Waals surface area contributed by atoms with E-state index in [0.29, 0.717) is 5.92 Å². The molecule has 1 aliphatic heterocycles. The third-order valence-corrected chi connectivity index (χ3v) is 4.92. The van der Waals surface area contributed by atoms with Gasteiger partial charge < -0.3 is 14.7 Å². The highest BCUT2D eigenvalue weighted by Crippen LogP contribution is 2.25. The molecule has 0 radical (unpaired) electrons. The summed E-state index contributed by atoms with van der Waals surface area (Å²) in [5, 5.41) is 7.56. The molecule has 1 fully saturated rings. The van der Waals surface area contributed by atoms with Crippen LogP contribution < -0.4 is 10.2 Å². The van der Waals surface area contributed by atoms with Crippen LogP contribution in [-0.2, 0) is 6.54 Å². The summed E-state index contributed by atoms with van der Waals surface area (Å²) in [4.78, 5) is 2.47. The Hall–Kier alpha value is -1.33. The number of hydrogen-bond donors (Lipinski definition) is 1. The topological polar surface area (TPSA) is 41.3 Å². The van der Waals surface area contributed by atoms with Gasteiger partial charge in [-0.05, 0) is 50.5 Å². The number of aromatic nitrogens is 1. The van der Waals surface area contributed by atoms with Crippen molar-refractivity contribution in [3.63, 3.8) is 0 Å². The van der Waals surface area contributed by atoms with Crippen molar-refractivity contribution in [1.82, 2.24) is 10.5 Å². The molecule has 22 heavy (non-hydrogen) atoms. The molecule has 5 heteroatoms. The van der Waals surface area contributed by atoms with Crippen LogP contribution in [0.3, 0.4) is 0 Å². The summed E-state index contributed by atoms with van der Waals surface area (Å²) in [6, 6.07) is 8.59. The SMILES string of the molecule is Cc1noc(C)c1CNC[C@@H]1CCN(c2ccc(Br)cc2)C1. The summed E-state index contributed by atoms with van der Waals surface area (Å²) in [6.45, 7) is 8.11. The lowest BCUT2D eigenvalue weighted by Crippen LogP contribution is -2.26. The molecule has 2 heterocycles. The first-order valence-electron chi connectivity index (χ1n) is 7.76. The lowest BCUT2D eigenvalue weighted by atomic mass is 10.1. The molecule has 0 amide bonds. The summed E-state index contributed by atoms with van der Waals surface area (Å²) in [5.41, 5.74) is 3.51. The van der Waals surface area contributed by atoms with Gasteiger partial charge in [0.25, 0.3) is 0 Å². The van der Waals surface area contributed by atoms with Gasteiger partial charge >= 0.3 is 0 Å². The highest BCUT2D eigenvalue weighted by molar-refractivity contribution is 9.10. The summed E-state index contributed by atoms with van der Waals surface area (Å²) in [5.74, 6) is 1.62. The summed E-state index contributed by atoms with van der Waals surface area (Å²) >= 11 is 3.49. The van der Waals surface area contributed by atoms with Gasteiger partial charge in [-0.1, -0.05) is 21.1 Å². The van der Waals surface area contributed by atoms with Crippen molar-refractivity contribution >= 4 is 21.6 Å². The summed E-state index contributed by atoms with van der Waals surface area (Å²) < 4.78 is 6.33. The van der Waals surface area contributed by atoms with Crippen molar-refractivity contribution in [1.29, 1.82) is 0 Å². The minimum Gasteiger partial charge on any atom is -0.371 e. The molecule has 0 saturated carbocycles. The van der Waals surface area contributed by atoms with Crippen molar-refractivity contribution in [3.05, 3.63) is 45.8 Å². The van der Waals surface area contributed by atoms with Gasteiger partial charge in [-0.15, -0.1) is 0 Å². The fourth-order valence-electron chi connectivity index (χ4n) is 3.04. The third-order valence-electron chi connectivity index (χ3n) is 4.39. The zero-order valence-electron chi connectivity index (χ0n) is 13.1. The molecule has 3 rings (SSSR count). The van der Waals surface area contributed by atoms with Crippen LogP contribution in [0.2, 0.25) is 0 Å². The molecule has 1 aromatic carbocycles. The van der Waals surface area contributed by atoms with Crippen molar-refractivity contribution in [3.8, 4) is 0 Å². The number of hydrogen-bond acceptors (Lipinski definition) is 4. The number of aryl methyl sites for hydroxylation is 2. The zero-order chi connectivity index (χ0) is 15.5. The predicted octanol–water partition coefficient (Wildman–Crippen LogP) is 3.67. The first kappa shape index (κ1) is 15.6. The number of rotatable bonds is 5. The summed E-state index contributed by atoms with van der Waals surface area (Å²) in [6.07, 6.45) is 1.24. The standard InChI is InChI=1S/C17H22BrN3O/c1-12-17(13(2)22-20-12)10-19-9-14-7-8-21(11-14)16-5-3-15(18)4-6-16/h3-6,14,19H,7-11H2,1-2H3/t14-/m0/s1. The molecule has 4 nitrogen and oxygen atoms in total. The Morgan fingerprint density at radius 2 is 2.09 bits per heavy atom. The molecule has 2 aromatic rings. The lowest BCUT2D eigenvalue weighted by Gasteiger charge is -2.19. The first-order valence-corrected chi connectivity index (χ1v) is 8.56. The largest absolute Gasteiger partial charge is 0.371 e. The van der Waals surface area contributed by atoms with Crippen molar-refractivity contribution < 1.29 is 4.52 Å². The summed E-state index contributed by atoms with van der Waals surface area (Å²) in [7, 11) is 0. The van der Waals surface area contributed by atoms with Crippen LogP contribution in [0.1, 0.15) is 23.4 Å². The van der Waals surface area contributed by atoms with Gasteiger partial charge in [-0.3, -0.25) is 0 Å². The Morgan fingerprint density at radius 1 is 1.32 bits per heavy atom. The Kier molecular flexibility index (Phi) is 4.84. The van der Waals surface area contributed by atoms with Gasteiger partial charge in [-0.25, -0.2) is 0 Å². The number of halogens is 1. The number of benzene rings is 1. The smallest absolute Gasteiger partial charge is 0.138 e. The molecule has 0 spiro atoms. The fraction of sp³-hybridized carbons (Fsp3) is 0.471. The second-order valence-corrected chi connectivity index (χ2v) is 6.93. The third kappa shape index (κ3) is 3.52. The Morgan fingerprint density at radius 3 is 2.77 bits per heavy atom. The van der Waals surface area contributed by atoms with E-state index in [-0.39, 0.29) is 0 Å². The molecule has 1 aromatic heterocycles. The van der Waals surface area contributed by atoms with E-state index in [1.807, 2.05) is 13.8 Å². The molecule has 1 N–H and O–H groups in total. The Labute approximate surface area is 140 Å². The molecule has 118 valence electrons. The van der Waals surface area contributed by atoms with Crippen LogP contribution in [0, 0.1) is 19.8 Å². The number of nitrogens with zero attached hydrogens (tertiary/aromatic N) is 2. The van der Waals surface area contributed by atoms with Crippen molar-refractivity contribution in [2.24, 2.45) is 5.92 Å². The Bertz CT molecular complexity index is 604. The van der Waals surface area contributed by atoms with E-state index in [2.05, 4.69) is 55.6 Å². The van der Waals surface area contributed by atoms with Gasteiger partial charge in [0, 0.05) is 41.9 Å². The van der Waals surface area contributed by atoms with Crippen molar-refractivity contribution in [2.45, 2.75) is 26.8 Å². The molecular formula is C17H22BrN3O. The quantitative estimate of drug-likeness (QED) is 0.879. The molecular weight excluding hydrogens is 342 g/mol. The van der Waals surface area contributed by atoms with E-state index >= 15 is 0 Å². The van der Waals surface area contributed by atoms with E-state index in [4.69, 9.17) is 4.52 Å². The maximum atomic E-state index is 5.20. The van der Waals surface area contributed by atoms with Crippen LogP contribution >= 0.6 is 15.9 Å². The maximum Gasteiger partial charge on any atom is 0.138 e. The van der Waals surface area contributed by atoms with E-state index in [0.717, 1.165) is 42.1 Å². The molecule has 1 aliphatic rings. The maximum absolute atomic E-state index is 5.20. The average molecular weight is 364 g/mol. The molecule has 0 bridgehead atoms. The minimum absolute atomic E-state index is 0.698. The molecule has 0 unspecified atom stereocenters. The van der Waals surface area contributed by atoms with Crippen molar-refractivity contribution in [2.75, 3.05) is 24.5 Å². The lowest BCUT2D eigenvalue weighted by molar-refractivity contribution is 0.391. The van der Waals surface area contributed by atoms with Crippen LogP contribution in [-0.4, -0.2) is 24.8 Å². The van der Waals surface area contributed by atoms with Gasteiger partial charge in [0.2, 0.25) is 0 Å². The predicted molar refractivity (Wildman–Crippen MR) is 92.1 cm³/mol. The highest BCUT2D eigenvalue weighted by atomic mass is 79.9. The normalized spacial score (nSPS) is 18.1. The number of nitrogens with one attached hydrogen (secondary N) is 1. The Balaban J connectivity index is 1.48. The van der Waals surface area contributed by atoms with Gasteiger partial charge in [0.15, 0.2) is 0 Å². The van der Waals surface area contributed by atoms with Gasteiger partial charge in [-0.2, -0.15) is 0 Å². The van der Waals surface area contributed by atoms with Crippen LogP contribution in [0.25, 0.3) is 0 Å². The van der Waals surface area contributed by atoms with Crippen LogP contribution in [0.15, 0.2) is 33.3 Å². The van der Waals surface area contributed by atoms with Gasteiger partial charge in [0.05, 0.1) is 5.69 Å². The second-order valence-electron chi connectivity index (χ2n) is 6.01. The molecule has 0 aliphatic carbocycles. The minimum atomic E-state index is 0.698. The van der Waals surface area contributed by atoms with E-state index in [1.54, 1.807) is 0 Å². The van der Waals surface area contributed by atoms with Gasteiger partial charge in [0.1, 0.15) is 5.76 Å². The average Bonchev–Trinajstić information content (AvgIpc) is 3.10. The first-order chi connectivity index (χ1) is 10.6. The molecule has 1 saturated heterocycles. The fourth-order valence-corrected chi connectivity index (χ4v) is 3.31. The monoisotopic (exact) mass is 363 g/mol. The second kappa shape index (κ2) is 6.84. The highest BCUT2D eigenvalue weighted by Gasteiger charge is 2.22. The number of anilines is 1. The zero-order valence-corrected chi connectivity index (χ0v) is 14.7. The van der Waals surface area contributed by atoms with Crippen LogP contribution in [0.5, 0.6) is 0 Å². The van der Waals surface area contributed by atoms with Crippen LogP contribution in [0.4, 0.5) is 5.69 Å². The van der Waals surface area contributed by atoms with E-state index < -0.39 is 0 Å². The van der Waals surface area contributed by atoms with E-state index in [1.165, 1.54) is 17.7 Å². The van der Waals surface area contributed by atoms with E-state index in [9.17, 15) is 0 Å². The molecule has 1 atom stereocenters.